The topological polar surface area (TPSA) is 88.2 Å². The Morgan fingerprint density at radius 2 is 1.80 bits per heavy atom. The lowest BCUT2D eigenvalue weighted by atomic mass is 9.96. The normalized spacial score (nSPS) is 19.0. The molecule has 2 fully saturated rings. The molecule has 1 unspecified atom stereocenters. The Morgan fingerprint density at radius 3 is 2.46 bits per heavy atom. The van der Waals surface area contributed by atoms with Crippen LogP contribution in [-0.2, 0) is 9.53 Å². The fourth-order valence-corrected chi connectivity index (χ4v) is 4.79. The summed E-state index contributed by atoms with van der Waals surface area (Å²) in [5.74, 6) is -0.0760. The number of piperidine rings is 1. The van der Waals surface area contributed by atoms with E-state index < -0.39 is 11.8 Å². The molecule has 0 saturated carbocycles. The van der Waals surface area contributed by atoms with Gasteiger partial charge in [-0.3, -0.25) is 19.3 Å². The van der Waals surface area contributed by atoms with Crippen molar-refractivity contribution in [1.82, 2.24) is 15.1 Å². The Hall–Kier alpha value is -3.10. The molecular formula is C26H30ClN3O5. The molecule has 2 saturated heterocycles. The maximum absolute atomic E-state index is 13.8. The minimum absolute atomic E-state index is 0.0996. The Labute approximate surface area is 210 Å². The second-order valence-corrected chi connectivity index (χ2v) is 9.21. The van der Waals surface area contributed by atoms with Crippen LogP contribution in [0, 0.1) is 0 Å². The van der Waals surface area contributed by atoms with Gasteiger partial charge in [-0.2, -0.15) is 0 Å². The van der Waals surface area contributed by atoms with Crippen LogP contribution >= 0.6 is 11.6 Å². The lowest BCUT2D eigenvalue weighted by Crippen LogP contribution is -2.59. The number of carbonyl (C=O) groups excluding carboxylic acids is 3. The Morgan fingerprint density at radius 1 is 1.09 bits per heavy atom. The van der Waals surface area contributed by atoms with Gasteiger partial charge in [-0.15, -0.1) is 0 Å². The van der Waals surface area contributed by atoms with Crippen LogP contribution in [0.1, 0.15) is 46.9 Å². The fraction of sp³-hybridized carbons (Fsp3) is 0.423. The highest BCUT2D eigenvalue weighted by Gasteiger charge is 2.54. The van der Waals surface area contributed by atoms with Gasteiger partial charge in [0.25, 0.3) is 11.8 Å². The van der Waals surface area contributed by atoms with E-state index in [2.05, 4.69) is 5.32 Å². The predicted octanol–water partition coefficient (Wildman–Crippen LogP) is 3.35. The zero-order valence-corrected chi connectivity index (χ0v) is 20.7. The van der Waals surface area contributed by atoms with Crippen molar-refractivity contribution in [3.8, 4) is 5.75 Å². The third-order valence-electron chi connectivity index (χ3n) is 6.57. The Balaban J connectivity index is 1.57. The van der Waals surface area contributed by atoms with Gasteiger partial charge in [-0.05, 0) is 48.9 Å². The van der Waals surface area contributed by atoms with E-state index in [0.29, 0.717) is 54.4 Å². The van der Waals surface area contributed by atoms with Gasteiger partial charge in [0.05, 0.1) is 13.7 Å². The van der Waals surface area contributed by atoms with Crippen LogP contribution in [-0.4, -0.2) is 72.6 Å². The van der Waals surface area contributed by atoms with Crippen molar-refractivity contribution in [1.29, 1.82) is 0 Å². The summed E-state index contributed by atoms with van der Waals surface area (Å²) in [5.41, 5.74) is 0.00605. The number of nitrogens with one attached hydrogen (secondary N) is 1. The van der Waals surface area contributed by atoms with Crippen molar-refractivity contribution in [2.24, 2.45) is 0 Å². The maximum atomic E-state index is 13.8. The average Bonchev–Trinajstić information content (AvgIpc) is 3.25. The highest BCUT2D eigenvalue weighted by atomic mass is 35.5. The number of likely N-dealkylation sites (tertiary alicyclic amines) is 1. The number of halogens is 1. The summed E-state index contributed by atoms with van der Waals surface area (Å²) in [5, 5.41) is 3.46. The SMILES string of the molecule is CCCNC(=O)C1COC2(CCN(C(=O)c3ccc(Cl)cc3)CC2)N1C(=O)c1cccc(OC)c1. The first kappa shape index (κ1) is 25.0. The third-order valence-corrected chi connectivity index (χ3v) is 6.82. The molecule has 8 nitrogen and oxygen atoms in total. The van der Waals surface area contributed by atoms with Gasteiger partial charge >= 0.3 is 0 Å². The second kappa shape index (κ2) is 10.7. The first-order valence-electron chi connectivity index (χ1n) is 11.8. The quantitative estimate of drug-likeness (QED) is 0.658. The van der Waals surface area contributed by atoms with E-state index in [4.69, 9.17) is 21.1 Å². The van der Waals surface area contributed by atoms with Crippen LogP contribution in [0.25, 0.3) is 0 Å². The summed E-state index contributed by atoms with van der Waals surface area (Å²) >= 11 is 5.95. The number of rotatable bonds is 6. The van der Waals surface area contributed by atoms with Crippen molar-refractivity contribution in [2.45, 2.75) is 38.0 Å². The summed E-state index contributed by atoms with van der Waals surface area (Å²) in [6.07, 6.45) is 1.59. The van der Waals surface area contributed by atoms with E-state index in [1.54, 1.807) is 65.4 Å². The zero-order chi connectivity index (χ0) is 25.0. The molecule has 0 radical (unpaired) electrons. The third kappa shape index (κ3) is 5.13. The van der Waals surface area contributed by atoms with Gasteiger partial charge in [-0.1, -0.05) is 24.6 Å². The Kier molecular flexibility index (Phi) is 7.62. The van der Waals surface area contributed by atoms with Gasteiger partial charge in [0.15, 0.2) is 0 Å². The average molecular weight is 500 g/mol. The number of methoxy groups -OCH3 is 1. The molecule has 1 spiro atoms. The van der Waals surface area contributed by atoms with Gasteiger partial charge in [-0.25, -0.2) is 0 Å². The van der Waals surface area contributed by atoms with Crippen LogP contribution < -0.4 is 10.1 Å². The highest BCUT2D eigenvalue weighted by Crippen LogP contribution is 2.39. The van der Waals surface area contributed by atoms with E-state index in [1.807, 2.05) is 6.92 Å². The summed E-state index contributed by atoms with van der Waals surface area (Å²) < 4.78 is 11.5. The minimum atomic E-state index is -0.967. The number of nitrogens with zero attached hydrogens (tertiary/aromatic N) is 2. The number of carbonyl (C=O) groups is 3. The van der Waals surface area contributed by atoms with Crippen molar-refractivity contribution < 1.29 is 23.9 Å². The minimum Gasteiger partial charge on any atom is -0.497 e. The van der Waals surface area contributed by atoms with E-state index in [-0.39, 0.29) is 24.3 Å². The van der Waals surface area contributed by atoms with Gasteiger partial charge in [0, 0.05) is 48.6 Å². The molecule has 4 rings (SSSR count). The smallest absolute Gasteiger partial charge is 0.257 e. The molecule has 9 heteroatoms. The molecule has 3 amide bonds. The van der Waals surface area contributed by atoms with Gasteiger partial charge < -0.3 is 19.7 Å². The molecule has 0 aromatic heterocycles. The molecule has 2 aromatic rings. The summed E-state index contributed by atoms with van der Waals surface area (Å²) in [7, 11) is 1.54. The Bertz CT molecular complexity index is 1080. The van der Waals surface area contributed by atoms with E-state index >= 15 is 0 Å². The van der Waals surface area contributed by atoms with Crippen molar-refractivity contribution in [2.75, 3.05) is 33.4 Å². The maximum Gasteiger partial charge on any atom is 0.257 e. The first-order valence-corrected chi connectivity index (χ1v) is 12.2. The molecule has 2 aliphatic heterocycles. The van der Waals surface area contributed by atoms with Crippen LogP contribution in [0.15, 0.2) is 48.5 Å². The van der Waals surface area contributed by atoms with Crippen LogP contribution in [0.5, 0.6) is 5.75 Å². The highest BCUT2D eigenvalue weighted by molar-refractivity contribution is 6.30. The van der Waals surface area contributed by atoms with E-state index in [1.165, 1.54) is 0 Å². The van der Waals surface area contributed by atoms with Crippen molar-refractivity contribution >= 4 is 29.3 Å². The molecule has 2 heterocycles. The van der Waals surface area contributed by atoms with Crippen molar-refractivity contribution in [3.05, 3.63) is 64.7 Å². The molecule has 2 aliphatic rings. The van der Waals surface area contributed by atoms with Crippen LogP contribution in [0.4, 0.5) is 0 Å². The molecular weight excluding hydrogens is 470 g/mol. The molecule has 1 N–H and O–H groups in total. The largest absolute Gasteiger partial charge is 0.497 e. The number of amides is 3. The zero-order valence-electron chi connectivity index (χ0n) is 20.0. The molecule has 0 bridgehead atoms. The summed E-state index contributed by atoms with van der Waals surface area (Å²) in [4.78, 5) is 43.1. The molecule has 0 aliphatic carbocycles. The van der Waals surface area contributed by atoms with Gasteiger partial charge in [0.1, 0.15) is 17.5 Å². The molecule has 186 valence electrons. The number of benzene rings is 2. The predicted molar refractivity (Wildman–Crippen MR) is 132 cm³/mol. The van der Waals surface area contributed by atoms with Gasteiger partial charge in [0.2, 0.25) is 5.91 Å². The fourth-order valence-electron chi connectivity index (χ4n) is 4.66. The first-order chi connectivity index (χ1) is 16.9. The lowest BCUT2D eigenvalue weighted by Gasteiger charge is -2.44. The summed E-state index contributed by atoms with van der Waals surface area (Å²) in [6, 6.07) is 12.9. The van der Waals surface area contributed by atoms with Crippen molar-refractivity contribution in [3.63, 3.8) is 0 Å². The number of hydrogen-bond donors (Lipinski definition) is 1. The lowest BCUT2D eigenvalue weighted by molar-refractivity contribution is -0.128. The standard InChI is InChI=1S/C26H30ClN3O5/c1-3-13-28-23(31)22-17-35-26(30(22)25(33)19-5-4-6-21(16-19)34-2)11-14-29(15-12-26)24(32)18-7-9-20(27)10-8-18/h4-10,16,22H,3,11-15,17H2,1-2H3,(H,28,31). The summed E-state index contributed by atoms with van der Waals surface area (Å²) in [6.45, 7) is 3.39. The van der Waals surface area contributed by atoms with E-state index in [0.717, 1.165) is 6.42 Å². The number of ether oxygens (including phenoxy) is 2. The number of hydrogen-bond acceptors (Lipinski definition) is 5. The second-order valence-electron chi connectivity index (χ2n) is 8.77. The molecule has 1 atom stereocenters. The molecule has 2 aromatic carbocycles. The van der Waals surface area contributed by atoms with Crippen LogP contribution in [0.3, 0.4) is 0 Å². The van der Waals surface area contributed by atoms with Crippen LogP contribution in [0.2, 0.25) is 5.02 Å². The van der Waals surface area contributed by atoms with E-state index in [9.17, 15) is 14.4 Å². The monoisotopic (exact) mass is 499 g/mol. The molecule has 35 heavy (non-hydrogen) atoms.